The largest absolute Gasteiger partial charge is 0.481 e. The molecule has 0 aromatic rings. The zero-order chi connectivity index (χ0) is 32.7. The predicted octanol–water partition coefficient (Wildman–Crippen LogP) is 13.8. The number of ether oxygens (including phenoxy) is 1. The van der Waals surface area contributed by atoms with Gasteiger partial charge in [0.1, 0.15) is 0 Å². The number of carbonyl (C=O) groups excluding carboxylic acids is 1. The summed E-state index contributed by atoms with van der Waals surface area (Å²) in [7, 11) is 0. The van der Waals surface area contributed by atoms with Crippen molar-refractivity contribution in [3.8, 4) is 0 Å². The van der Waals surface area contributed by atoms with E-state index in [4.69, 9.17) is 9.84 Å². The first-order valence-corrected chi connectivity index (χ1v) is 20.2. The molecular formula is C41H78O4. The molecule has 0 unspecified atom stereocenters. The summed E-state index contributed by atoms with van der Waals surface area (Å²) in [5, 5.41) is 8.64. The molecule has 0 spiro atoms. The van der Waals surface area contributed by atoms with Gasteiger partial charge in [0.25, 0.3) is 0 Å². The summed E-state index contributed by atoms with van der Waals surface area (Å²) in [6, 6.07) is 0. The van der Waals surface area contributed by atoms with Crippen molar-refractivity contribution in [2.45, 2.75) is 232 Å². The molecule has 0 radical (unpaired) electrons. The van der Waals surface area contributed by atoms with Crippen molar-refractivity contribution in [1.29, 1.82) is 0 Å². The summed E-state index contributed by atoms with van der Waals surface area (Å²) < 4.78 is 5.43. The minimum Gasteiger partial charge on any atom is -0.481 e. The van der Waals surface area contributed by atoms with E-state index in [0.717, 1.165) is 32.1 Å². The fraction of sp³-hybridized carbons (Fsp3) is 0.902. The van der Waals surface area contributed by atoms with E-state index in [1.54, 1.807) is 0 Å². The highest BCUT2D eigenvalue weighted by molar-refractivity contribution is 5.69. The Morgan fingerprint density at radius 3 is 1.11 bits per heavy atom. The smallest absolute Gasteiger partial charge is 0.305 e. The maximum Gasteiger partial charge on any atom is 0.305 e. The number of carboxylic acid groups (broad SMARTS) is 1. The van der Waals surface area contributed by atoms with E-state index >= 15 is 0 Å². The van der Waals surface area contributed by atoms with Crippen molar-refractivity contribution < 1.29 is 19.4 Å². The summed E-state index contributed by atoms with van der Waals surface area (Å²) in [6.07, 6.45) is 48.2. The van der Waals surface area contributed by atoms with Gasteiger partial charge in [0.2, 0.25) is 0 Å². The number of rotatable bonds is 38. The first-order valence-electron chi connectivity index (χ1n) is 20.2. The van der Waals surface area contributed by atoms with E-state index in [9.17, 15) is 9.59 Å². The van der Waals surface area contributed by atoms with Crippen LogP contribution in [0.2, 0.25) is 0 Å². The van der Waals surface area contributed by atoms with E-state index in [0.29, 0.717) is 19.4 Å². The minimum atomic E-state index is -0.656. The highest BCUT2D eigenvalue weighted by Crippen LogP contribution is 2.16. The van der Waals surface area contributed by atoms with Crippen LogP contribution < -0.4 is 0 Å². The summed E-state index contributed by atoms with van der Waals surface area (Å²) in [4.78, 5) is 22.4. The minimum absolute atomic E-state index is 0.00651. The molecule has 0 bridgehead atoms. The Bertz CT molecular complexity index is 629. The summed E-state index contributed by atoms with van der Waals surface area (Å²) in [5.41, 5.74) is 0. The molecule has 4 heteroatoms. The number of hydrogen-bond acceptors (Lipinski definition) is 3. The van der Waals surface area contributed by atoms with Crippen LogP contribution in [0.5, 0.6) is 0 Å². The molecule has 0 aliphatic carbocycles. The maximum absolute atomic E-state index is 11.9. The Morgan fingerprint density at radius 1 is 0.422 bits per heavy atom. The molecule has 0 saturated carbocycles. The van der Waals surface area contributed by atoms with Crippen molar-refractivity contribution in [1.82, 2.24) is 0 Å². The number of allylic oxidation sites excluding steroid dienone is 2. The lowest BCUT2D eigenvalue weighted by atomic mass is 10.0. The molecule has 0 aromatic carbocycles. The molecule has 0 rings (SSSR count). The Labute approximate surface area is 281 Å². The number of carboxylic acids is 1. The molecule has 4 nitrogen and oxygen atoms in total. The number of esters is 1. The van der Waals surface area contributed by atoms with Crippen LogP contribution in [0, 0.1) is 0 Å². The SMILES string of the molecule is CCCC/C=C\CCCCCCCC(=O)OCCCCCCCCCCCCCCCCCCCCCCCCCCC(=O)O. The predicted molar refractivity (Wildman–Crippen MR) is 195 cm³/mol. The third-order valence-electron chi connectivity index (χ3n) is 9.19. The van der Waals surface area contributed by atoms with Crippen LogP contribution in [0.15, 0.2) is 12.2 Å². The van der Waals surface area contributed by atoms with Gasteiger partial charge >= 0.3 is 11.9 Å². The van der Waals surface area contributed by atoms with Gasteiger partial charge in [0.05, 0.1) is 6.61 Å². The van der Waals surface area contributed by atoms with Crippen LogP contribution >= 0.6 is 0 Å². The number of hydrogen-bond donors (Lipinski definition) is 1. The number of aliphatic carboxylic acids is 1. The van der Waals surface area contributed by atoms with E-state index in [1.165, 1.54) is 180 Å². The Morgan fingerprint density at radius 2 is 0.733 bits per heavy atom. The lowest BCUT2D eigenvalue weighted by Gasteiger charge is -2.06. The highest BCUT2D eigenvalue weighted by Gasteiger charge is 2.03. The monoisotopic (exact) mass is 635 g/mol. The summed E-state index contributed by atoms with van der Waals surface area (Å²) in [6.45, 7) is 2.86. The van der Waals surface area contributed by atoms with Gasteiger partial charge in [-0.3, -0.25) is 9.59 Å². The number of carbonyl (C=O) groups is 2. The van der Waals surface area contributed by atoms with Crippen LogP contribution in [0.4, 0.5) is 0 Å². The standard InChI is InChI=1S/C41H78O4/c1-2-3-4-5-6-7-22-26-29-32-35-38-41(44)45-39-36-33-30-27-24-21-19-17-15-13-11-9-8-10-12-14-16-18-20-23-25-28-31-34-37-40(42)43/h5-6H,2-4,7-39H2,1H3,(H,42,43)/b6-5-. The molecule has 0 aromatic heterocycles. The van der Waals surface area contributed by atoms with Gasteiger partial charge in [0.15, 0.2) is 0 Å². The van der Waals surface area contributed by atoms with Gasteiger partial charge in [-0.05, 0) is 38.5 Å². The van der Waals surface area contributed by atoms with Gasteiger partial charge in [-0.15, -0.1) is 0 Å². The van der Waals surface area contributed by atoms with Crippen LogP contribution in [0.1, 0.15) is 232 Å². The molecule has 0 heterocycles. The third-order valence-corrected chi connectivity index (χ3v) is 9.19. The molecule has 0 aliphatic rings. The summed E-state index contributed by atoms with van der Waals surface area (Å²) >= 11 is 0. The summed E-state index contributed by atoms with van der Waals surface area (Å²) in [5.74, 6) is -0.650. The first kappa shape index (κ1) is 43.7. The van der Waals surface area contributed by atoms with E-state index in [-0.39, 0.29) is 5.97 Å². The fourth-order valence-corrected chi connectivity index (χ4v) is 6.15. The zero-order valence-corrected chi connectivity index (χ0v) is 30.3. The molecule has 0 saturated heterocycles. The average molecular weight is 635 g/mol. The second kappa shape index (κ2) is 38.9. The molecule has 0 aliphatic heterocycles. The average Bonchev–Trinajstić information content (AvgIpc) is 3.03. The van der Waals surface area contributed by atoms with Gasteiger partial charge in [0, 0.05) is 12.8 Å². The van der Waals surface area contributed by atoms with E-state index < -0.39 is 5.97 Å². The lowest BCUT2D eigenvalue weighted by Crippen LogP contribution is -2.05. The Hall–Kier alpha value is -1.32. The Balaban J connectivity index is 3.14. The van der Waals surface area contributed by atoms with Crippen molar-refractivity contribution in [2.75, 3.05) is 6.61 Å². The third kappa shape index (κ3) is 40.7. The first-order chi connectivity index (χ1) is 22.2. The van der Waals surface area contributed by atoms with Gasteiger partial charge in [-0.2, -0.15) is 0 Å². The molecule has 0 fully saturated rings. The molecule has 1 N–H and O–H groups in total. The van der Waals surface area contributed by atoms with Crippen LogP contribution in [0.3, 0.4) is 0 Å². The van der Waals surface area contributed by atoms with Gasteiger partial charge in [-0.1, -0.05) is 192 Å². The van der Waals surface area contributed by atoms with Crippen molar-refractivity contribution in [2.24, 2.45) is 0 Å². The lowest BCUT2D eigenvalue weighted by molar-refractivity contribution is -0.144. The Kier molecular flexibility index (Phi) is 37.7. The molecule has 266 valence electrons. The van der Waals surface area contributed by atoms with Gasteiger partial charge in [-0.25, -0.2) is 0 Å². The van der Waals surface area contributed by atoms with Crippen LogP contribution in [0.25, 0.3) is 0 Å². The topological polar surface area (TPSA) is 63.6 Å². The fourth-order valence-electron chi connectivity index (χ4n) is 6.15. The second-order valence-corrected chi connectivity index (χ2v) is 13.8. The molecular weight excluding hydrogens is 556 g/mol. The molecule has 0 atom stereocenters. The number of unbranched alkanes of at least 4 members (excludes halogenated alkanes) is 30. The zero-order valence-electron chi connectivity index (χ0n) is 30.3. The van der Waals surface area contributed by atoms with Crippen molar-refractivity contribution in [3.63, 3.8) is 0 Å². The second-order valence-electron chi connectivity index (χ2n) is 13.8. The quantitative estimate of drug-likeness (QED) is 0.0417. The van der Waals surface area contributed by atoms with Crippen LogP contribution in [-0.4, -0.2) is 23.7 Å². The normalized spacial score (nSPS) is 11.5. The molecule has 45 heavy (non-hydrogen) atoms. The van der Waals surface area contributed by atoms with Crippen LogP contribution in [-0.2, 0) is 14.3 Å². The maximum atomic E-state index is 11.9. The molecule has 0 amide bonds. The van der Waals surface area contributed by atoms with Gasteiger partial charge < -0.3 is 9.84 Å². The van der Waals surface area contributed by atoms with Crippen molar-refractivity contribution in [3.05, 3.63) is 12.2 Å². The highest BCUT2D eigenvalue weighted by atomic mass is 16.5. The van der Waals surface area contributed by atoms with E-state index in [2.05, 4.69) is 19.1 Å². The van der Waals surface area contributed by atoms with E-state index in [1.807, 2.05) is 0 Å². The van der Waals surface area contributed by atoms with Crippen molar-refractivity contribution >= 4 is 11.9 Å².